The molecule has 108 valence electrons. The molecule has 0 aliphatic carbocycles. The predicted octanol–water partition coefficient (Wildman–Crippen LogP) is 3.34. The van der Waals surface area contributed by atoms with Gasteiger partial charge in [0.15, 0.2) is 0 Å². The second-order valence-electron chi connectivity index (χ2n) is 5.11. The van der Waals surface area contributed by atoms with E-state index in [4.69, 9.17) is 16.3 Å². The van der Waals surface area contributed by atoms with Gasteiger partial charge < -0.3 is 10.1 Å². The first kappa shape index (κ1) is 14.1. The van der Waals surface area contributed by atoms with Crippen molar-refractivity contribution in [3.63, 3.8) is 0 Å². The first-order chi connectivity index (χ1) is 10.2. The Morgan fingerprint density at radius 2 is 1.95 bits per heavy atom. The molecule has 0 spiro atoms. The molecule has 3 nitrogen and oxygen atoms in total. The van der Waals surface area contributed by atoms with Crippen molar-refractivity contribution in [1.29, 1.82) is 0 Å². The van der Waals surface area contributed by atoms with Crippen LogP contribution in [0.1, 0.15) is 27.0 Å². The zero-order valence-corrected chi connectivity index (χ0v) is 12.3. The Kier molecular flexibility index (Phi) is 4.23. The van der Waals surface area contributed by atoms with Crippen LogP contribution in [0.15, 0.2) is 42.5 Å². The van der Waals surface area contributed by atoms with Crippen LogP contribution in [0.2, 0.25) is 5.02 Å². The maximum absolute atomic E-state index is 12.1. The van der Waals surface area contributed by atoms with Crippen LogP contribution in [0.25, 0.3) is 0 Å². The fraction of sp³-hybridized carbons (Fsp3) is 0.235. The van der Waals surface area contributed by atoms with Gasteiger partial charge in [0.25, 0.3) is 0 Å². The van der Waals surface area contributed by atoms with E-state index in [-0.39, 0.29) is 12.6 Å². The third-order valence-electron chi connectivity index (χ3n) is 3.61. The summed E-state index contributed by atoms with van der Waals surface area (Å²) in [6.45, 7) is 2.06. The van der Waals surface area contributed by atoms with E-state index in [1.165, 1.54) is 11.1 Å². The van der Waals surface area contributed by atoms with Gasteiger partial charge in [-0.1, -0.05) is 29.8 Å². The van der Waals surface area contributed by atoms with Gasteiger partial charge >= 0.3 is 5.97 Å². The minimum absolute atomic E-state index is 0.255. The number of esters is 1. The summed E-state index contributed by atoms with van der Waals surface area (Å²) in [7, 11) is 0. The standard InChI is InChI=1S/C17H16ClNO2/c18-16-5-1-12(2-6-16)11-21-17(20)14-4-3-13-7-8-19-10-15(13)9-14/h1-6,9,19H,7-8,10-11H2. The molecule has 0 saturated carbocycles. The zero-order valence-electron chi connectivity index (χ0n) is 11.6. The molecule has 1 aliphatic rings. The van der Waals surface area contributed by atoms with Crippen molar-refractivity contribution in [2.45, 2.75) is 19.6 Å². The number of hydrogen-bond donors (Lipinski definition) is 1. The van der Waals surface area contributed by atoms with Crippen LogP contribution < -0.4 is 5.32 Å². The largest absolute Gasteiger partial charge is 0.457 e. The molecular formula is C17H16ClNO2. The molecule has 4 heteroatoms. The van der Waals surface area contributed by atoms with E-state index in [2.05, 4.69) is 5.32 Å². The van der Waals surface area contributed by atoms with E-state index < -0.39 is 0 Å². The molecular weight excluding hydrogens is 286 g/mol. The maximum atomic E-state index is 12.1. The number of hydrogen-bond acceptors (Lipinski definition) is 3. The fourth-order valence-corrected chi connectivity index (χ4v) is 2.55. The summed E-state index contributed by atoms with van der Waals surface area (Å²) in [6.07, 6.45) is 1.01. The van der Waals surface area contributed by atoms with Crippen molar-refractivity contribution in [1.82, 2.24) is 5.32 Å². The number of ether oxygens (including phenoxy) is 1. The molecule has 0 atom stereocenters. The number of benzene rings is 2. The van der Waals surface area contributed by atoms with Gasteiger partial charge in [0.2, 0.25) is 0 Å². The van der Waals surface area contributed by atoms with E-state index in [1.807, 2.05) is 30.3 Å². The topological polar surface area (TPSA) is 38.3 Å². The monoisotopic (exact) mass is 301 g/mol. The fourth-order valence-electron chi connectivity index (χ4n) is 2.42. The van der Waals surface area contributed by atoms with E-state index in [1.54, 1.807) is 12.1 Å². The summed E-state index contributed by atoms with van der Waals surface area (Å²) >= 11 is 5.82. The van der Waals surface area contributed by atoms with Gasteiger partial charge in [0.1, 0.15) is 6.61 Å². The van der Waals surface area contributed by atoms with E-state index in [9.17, 15) is 4.79 Å². The van der Waals surface area contributed by atoms with Gasteiger partial charge in [-0.05, 0) is 53.9 Å². The van der Waals surface area contributed by atoms with Gasteiger partial charge in [-0.3, -0.25) is 0 Å². The first-order valence-electron chi connectivity index (χ1n) is 6.96. The van der Waals surface area contributed by atoms with Crippen LogP contribution in [0, 0.1) is 0 Å². The molecule has 0 unspecified atom stereocenters. The summed E-state index contributed by atoms with van der Waals surface area (Å²) in [5, 5.41) is 3.98. The Morgan fingerprint density at radius 1 is 1.14 bits per heavy atom. The molecule has 3 rings (SSSR count). The van der Waals surface area contributed by atoms with Gasteiger partial charge in [-0.15, -0.1) is 0 Å². The van der Waals surface area contributed by atoms with Crippen molar-refractivity contribution in [2.24, 2.45) is 0 Å². The molecule has 0 bridgehead atoms. The van der Waals surface area contributed by atoms with Crippen LogP contribution in [0.3, 0.4) is 0 Å². The minimum Gasteiger partial charge on any atom is -0.457 e. The molecule has 2 aromatic rings. The molecule has 1 aliphatic heterocycles. The van der Waals surface area contributed by atoms with Crippen LogP contribution in [-0.4, -0.2) is 12.5 Å². The number of halogens is 1. The van der Waals surface area contributed by atoms with Crippen molar-refractivity contribution in [3.8, 4) is 0 Å². The van der Waals surface area contributed by atoms with Crippen LogP contribution in [-0.2, 0) is 24.3 Å². The highest BCUT2D eigenvalue weighted by molar-refractivity contribution is 6.30. The van der Waals surface area contributed by atoms with Crippen molar-refractivity contribution in [3.05, 3.63) is 69.7 Å². The van der Waals surface area contributed by atoms with Crippen LogP contribution in [0.4, 0.5) is 0 Å². The van der Waals surface area contributed by atoms with Crippen molar-refractivity contribution in [2.75, 3.05) is 6.54 Å². The van der Waals surface area contributed by atoms with E-state index in [0.717, 1.165) is 25.1 Å². The summed E-state index contributed by atoms with van der Waals surface area (Å²) in [5.41, 5.74) is 4.02. The van der Waals surface area contributed by atoms with Gasteiger partial charge in [-0.25, -0.2) is 4.79 Å². The third kappa shape index (κ3) is 3.43. The predicted molar refractivity (Wildman–Crippen MR) is 82.4 cm³/mol. The third-order valence-corrected chi connectivity index (χ3v) is 3.86. The number of fused-ring (bicyclic) bond motifs is 1. The first-order valence-corrected chi connectivity index (χ1v) is 7.34. The molecule has 1 heterocycles. The van der Waals surface area contributed by atoms with E-state index >= 15 is 0 Å². The zero-order chi connectivity index (χ0) is 14.7. The molecule has 21 heavy (non-hydrogen) atoms. The van der Waals surface area contributed by atoms with E-state index in [0.29, 0.717) is 10.6 Å². The highest BCUT2D eigenvalue weighted by Gasteiger charge is 2.13. The molecule has 2 aromatic carbocycles. The molecule has 1 N–H and O–H groups in total. The Morgan fingerprint density at radius 3 is 2.76 bits per heavy atom. The van der Waals surface area contributed by atoms with Crippen molar-refractivity contribution < 1.29 is 9.53 Å². The normalized spacial score (nSPS) is 13.6. The highest BCUT2D eigenvalue weighted by atomic mass is 35.5. The molecule has 0 amide bonds. The lowest BCUT2D eigenvalue weighted by molar-refractivity contribution is 0.0472. The maximum Gasteiger partial charge on any atom is 0.338 e. The summed E-state index contributed by atoms with van der Waals surface area (Å²) < 4.78 is 5.34. The minimum atomic E-state index is -0.293. The Labute approximate surface area is 128 Å². The molecule has 0 fully saturated rings. The van der Waals surface area contributed by atoms with Gasteiger partial charge in [0, 0.05) is 11.6 Å². The molecule has 0 radical (unpaired) electrons. The van der Waals surface area contributed by atoms with Crippen molar-refractivity contribution >= 4 is 17.6 Å². The lowest BCUT2D eigenvalue weighted by Gasteiger charge is -2.17. The Bertz CT molecular complexity index is 652. The second kappa shape index (κ2) is 6.29. The number of nitrogens with one attached hydrogen (secondary N) is 1. The SMILES string of the molecule is O=C(OCc1ccc(Cl)cc1)c1ccc2c(c1)CNCC2. The lowest BCUT2D eigenvalue weighted by atomic mass is 9.99. The van der Waals surface area contributed by atoms with Gasteiger partial charge in [0.05, 0.1) is 5.56 Å². The Balaban J connectivity index is 1.66. The summed E-state index contributed by atoms with van der Waals surface area (Å²) in [5.74, 6) is -0.293. The second-order valence-corrected chi connectivity index (χ2v) is 5.55. The van der Waals surface area contributed by atoms with Crippen LogP contribution >= 0.6 is 11.6 Å². The number of carbonyl (C=O) groups excluding carboxylic acids is 1. The number of rotatable bonds is 3. The molecule has 0 aromatic heterocycles. The Hall–Kier alpha value is -1.84. The molecule has 0 saturated heterocycles. The lowest BCUT2D eigenvalue weighted by Crippen LogP contribution is -2.24. The summed E-state index contributed by atoms with van der Waals surface area (Å²) in [4.78, 5) is 12.1. The highest BCUT2D eigenvalue weighted by Crippen LogP contribution is 2.17. The average Bonchev–Trinajstić information content (AvgIpc) is 2.53. The summed E-state index contributed by atoms with van der Waals surface area (Å²) in [6, 6.07) is 13.1. The average molecular weight is 302 g/mol. The quantitative estimate of drug-likeness (QED) is 0.884. The number of carbonyl (C=O) groups is 1. The van der Waals surface area contributed by atoms with Gasteiger partial charge in [-0.2, -0.15) is 0 Å². The van der Waals surface area contributed by atoms with Crippen LogP contribution in [0.5, 0.6) is 0 Å². The smallest absolute Gasteiger partial charge is 0.338 e.